The van der Waals surface area contributed by atoms with Gasteiger partial charge < -0.3 is 5.32 Å². The van der Waals surface area contributed by atoms with Gasteiger partial charge in [-0.3, -0.25) is 4.79 Å². The molecule has 1 aromatic heterocycles. The number of thioether (sulfide) groups is 1. The van der Waals surface area contributed by atoms with Gasteiger partial charge in [0.25, 0.3) is 0 Å². The first-order valence-corrected chi connectivity index (χ1v) is 9.52. The van der Waals surface area contributed by atoms with Gasteiger partial charge in [0.1, 0.15) is 5.82 Å². The van der Waals surface area contributed by atoms with E-state index in [-0.39, 0.29) is 18.1 Å². The molecule has 0 atom stereocenters. The number of nitrogens with zero attached hydrogens (tertiary/aromatic N) is 2. The van der Waals surface area contributed by atoms with Crippen LogP contribution in [0.3, 0.4) is 0 Å². The summed E-state index contributed by atoms with van der Waals surface area (Å²) in [6, 6.07) is 13.1. The summed E-state index contributed by atoms with van der Waals surface area (Å²) >= 11 is 9.04. The highest BCUT2D eigenvalue weighted by Crippen LogP contribution is 2.30. The van der Waals surface area contributed by atoms with Crippen molar-refractivity contribution >= 4 is 45.6 Å². The van der Waals surface area contributed by atoms with E-state index in [0.717, 1.165) is 14.9 Å². The Morgan fingerprint density at radius 3 is 2.68 bits per heavy atom. The molecule has 8 heteroatoms. The van der Waals surface area contributed by atoms with Crippen LogP contribution in [0.25, 0.3) is 0 Å². The van der Waals surface area contributed by atoms with E-state index in [2.05, 4.69) is 15.5 Å². The fraction of sp³-hybridized carbons (Fsp3) is 0.118. The third-order valence-electron chi connectivity index (χ3n) is 3.28. The molecule has 0 spiro atoms. The maximum Gasteiger partial charge on any atom is 0.206 e. The van der Waals surface area contributed by atoms with Crippen molar-refractivity contribution < 1.29 is 9.18 Å². The molecular formula is C17H13ClFN3OS2. The van der Waals surface area contributed by atoms with Crippen LogP contribution in [-0.2, 0) is 5.75 Å². The lowest BCUT2D eigenvalue weighted by Crippen LogP contribution is -2.13. The molecule has 0 unspecified atom stereocenters. The molecule has 25 heavy (non-hydrogen) atoms. The predicted molar refractivity (Wildman–Crippen MR) is 100 cm³/mol. The number of hydrogen-bond acceptors (Lipinski definition) is 6. The molecule has 0 aliphatic rings. The first kappa shape index (κ1) is 17.8. The molecule has 1 heterocycles. The Morgan fingerprint density at radius 1 is 1.16 bits per heavy atom. The number of rotatable bonds is 7. The summed E-state index contributed by atoms with van der Waals surface area (Å²) in [4.78, 5) is 12.0. The van der Waals surface area contributed by atoms with Gasteiger partial charge in [0.15, 0.2) is 10.1 Å². The van der Waals surface area contributed by atoms with Crippen LogP contribution in [0.15, 0.2) is 52.9 Å². The molecule has 0 aliphatic heterocycles. The number of anilines is 1. The van der Waals surface area contributed by atoms with E-state index in [1.54, 1.807) is 0 Å². The Bertz CT molecular complexity index is 870. The van der Waals surface area contributed by atoms with E-state index in [1.807, 2.05) is 24.3 Å². The third-order valence-corrected chi connectivity index (χ3v) is 5.71. The van der Waals surface area contributed by atoms with E-state index in [0.29, 0.717) is 16.4 Å². The molecule has 3 aromatic rings. The van der Waals surface area contributed by atoms with Gasteiger partial charge in [0, 0.05) is 16.3 Å². The third kappa shape index (κ3) is 5.01. The minimum absolute atomic E-state index is 0.0788. The largest absolute Gasteiger partial charge is 0.353 e. The molecule has 0 aliphatic carbocycles. The van der Waals surface area contributed by atoms with Crippen LogP contribution in [0.1, 0.15) is 15.9 Å². The molecule has 128 valence electrons. The normalized spacial score (nSPS) is 10.6. The van der Waals surface area contributed by atoms with Crippen molar-refractivity contribution in [3.8, 4) is 0 Å². The second kappa shape index (κ2) is 8.42. The summed E-state index contributed by atoms with van der Waals surface area (Å²) < 4.78 is 13.7. The van der Waals surface area contributed by atoms with Crippen molar-refractivity contribution in [1.29, 1.82) is 0 Å². The maximum absolute atomic E-state index is 12.9. The Hall–Kier alpha value is -1.96. The van der Waals surface area contributed by atoms with Gasteiger partial charge in [0.05, 0.1) is 6.54 Å². The van der Waals surface area contributed by atoms with Gasteiger partial charge in [-0.15, -0.1) is 10.2 Å². The number of hydrogen-bond donors (Lipinski definition) is 1. The van der Waals surface area contributed by atoms with Crippen LogP contribution in [0, 0.1) is 5.82 Å². The number of aromatic nitrogens is 2. The maximum atomic E-state index is 12.9. The summed E-state index contributed by atoms with van der Waals surface area (Å²) in [6.07, 6.45) is 0. The Balaban J connectivity index is 1.52. The van der Waals surface area contributed by atoms with Crippen molar-refractivity contribution in [2.45, 2.75) is 10.1 Å². The molecular weight excluding hydrogens is 381 g/mol. The second-order valence-electron chi connectivity index (χ2n) is 5.04. The Morgan fingerprint density at radius 2 is 1.92 bits per heavy atom. The Kier molecular flexibility index (Phi) is 6.01. The van der Waals surface area contributed by atoms with Crippen molar-refractivity contribution in [3.05, 3.63) is 70.5 Å². The smallest absolute Gasteiger partial charge is 0.206 e. The van der Waals surface area contributed by atoms with Crippen molar-refractivity contribution in [2.75, 3.05) is 11.9 Å². The fourth-order valence-electron chi connectivity index (χ4n) is 1.99. The van der Waals surface area contributed by atoms with Crippen molar-refractivity contribution in [1.82, 2.24) is 10.2 Å². The molecule has 1 N–H and O–H groups in total. The summed E-state index contributed by atoms with van der Waals surface area (Å²) in [7, 11) is 0. The topological polar surface area (TPSA) is 54.9 Å². The van der Waals surface area contributed by atoms with Crippen molar-refractivity contribution in [3.63, 3.8) is 0 Å². The molecule has 2 aromatic carbocycles. The summed E-state index contributed by atoms with van der Waals surface area (Å²) in [6.45, 7) is 0.0788. The highest BCUT2D eigenvalue weighted by Gasteiger charge is 2.10. The average Bonchev–Trinajstić information content (AvgIpc) is 3.07. The standard InChI is InChI=1S/C17H13ClFN3OS2/c18-14-4-2-1-3-12(14)10-24-17-22-21-16(25-17)20-9-15(23)11-5-7-13(19)8-6-11/h1-8H,9-10H2,(H,20,21). The second-order valence-corrected chi connectivity index (χ2v) is 7.64. The quantitative estimate of drug-likeness (QED) is 0.456. The van der Waals surface area contributed by atoms with E-state index >= 15 is 0 Å². The molecule has 3 rings (SSSR count). The van der Waals surface area contributed by atoms with Gasteiger partial charge >= 0.3 is 0 Å². The van der Waals surface area contributed by atoms with Gasteiger partial charge in [-0.1, -0.05) is 52.9 Å². The number of ketones is 1. The van der Waals surface area contributed by atoms with Crippen LogP contribution >= 0.6 is 34.7 Å². The lowest BCUT2D eigenvalue weighted by Gasteiger charge is -2.02. The van der Waals surface area contributed by atoms with E-state index in [9.17, 15) is 9.18 Å². The number of benzene rings is 2. The lowest BCUT2D eigenvalue weighted by atomic mass is 10.1. The highest BCUT2D eigenvalue weighted by atomic mass is 35.5. The lowest BCUT2D eigenvalue weighted by molar-refractivity contribution is 0.101. The van der Waals surface area contributed by atoms with Crippen molar-refractivity contribution in [2.24, 2.45) is 0 Å². The average molecular weight is 394 g/mol. The van der Waals surface area contributed by atoms with E-state index in [4.69, 9.17) is 11.6 Å². The molecule has 0 amide bonds. The van der Waals surface area contributed by atoms with Gasteiger partial charge in [-0.2, -0.15) is 0 Å². The zero-order chi connectivity index (χ0) is 17.6. The minimum atomic E-state index is -0.367. The predicted octanol–water partition coefficient (Wildman–Crippen LogP) is 4.92. The van der Waals surface area contributed by atoms with Crippen LogP contribution < -0.4 is 5.32 Å². The number of carbonyl (C=O) groups is 1. The van der Waals surface area contributed by atoms with Gasteiger partial charge in [-0.25, -0.2) is 4.39 Å². The highest BCUT2D eigenvalue weighted by molar-refractivity contribution is 8.00. The van der Waals surface area contributed by atoms with Crippen LogP contribution in [0.2, 0.25) is 5.02 Å². The molecule has 4 nitrogen and oxygen atoms in total. The SMILES string of the molecule is O=C(CNc1nnc(SCc2ccccc2Cl)s1)c1ccc(F)cc1. The fourth-order valence-corrected chi connectivity index (χ4v) is 4.02. The molecule has 0 saturated heterocycles. The number of Topliss-reactive ketones (excluding diaryl/α,β-unsaturated/α-hetero) is 1. The zero-order valence-electron chi connectivity index (χ0n) is 12.9. The summed E-state index contributed by atoms with van der Waals surface area (Å²) in [5.74, 6) is 0.192. The molecule has 0 fully saturated rings. The first-order valence-electron chi connectivity index (χ1n) is 7.34. The van der Waals surface area contributed by atoms with Gasteiger partial charge in [0.2, 0.25) is 5.13 Å². The first-order chi connectivity index (χ1) is 12.1. The van der Waals surface area contributed by atoms with Crippen LogP contribution in [0.5, 0.6) is 0 Å². The minimum Gasteiger partial charge on any atom is -0.353 e. The molecule has 0 saturated carbocycles. The van der Waals surface area contributed by atoms with E-state index in [1.165, 1.54) is 47.4 Å². The summed E-state index contributed by atoms with van der Waals surface area (Å²) in [5, 5.41) is 12.4. The van der Waals surface area contributed by atoms with Gasteiger partial charge in [-0.05, 0) is 35.9 Å². The monoisotopic (exact) mass is 393 g/mol. The van der Waals surface area contributed by atoms with Crippen LogP contribution in [-0.4, -0.2) is 22.5 Å². The Labute approximate surface area is 157 Å². The molecule has 0 radical (unpaired) electrons. The van der Waals surface area contributed by atoms with Crippen LogP contribution in [0.4, 0.5) is 9.52 Å². The zero-order valence-corrected chi connectivity index (χ0v) is 15.3. The number of carbonyl (C=O) groups excluding carboxylic acids is 1. The van der Waals surface area contributed by atoms with E-state index < -0.39 is 0 Å². The number of halogens is 2. The molecule has 0 bridgehead atoms. The summed E-state index contributed by atoms with van der Waals surface area (Å²) in [5.41, 5.74) is 1.48. The number of nitrogens with one attached hydrogen (secondary N) is 1.